The minimum Gasteiger partial charge on any atom is -0.298 e. The summed E-state index contributed by atoms with van der Waals surface area (Å²) in [5, 5.41) is 2.92. The van der Waals surface area contributed by atoms with Gasteiger partial charge in [-0.1, -0.05) is 43.7 Å². The smallest absolute Gasteiger partial charge is 0.298 e. The zero-order valence-corrected chi connectivity index (χ0v) is 20.3. The average Bonchev–Trinajstić information content (AvgIpc) is 2.75. The molecule has 1 aliphatic carbocycles. The van der Waals surface area contributed by atoms with E-state index >= 15 is 0 Å². The van der Waals surface area contributed by atoms with Crippen LogP contribution in [0, 0.1) is 6.92 Å². The number of H-pyrrole nitrogens is 1. The molecule has 0 unspecified atom stereocenters. The molecule has 1 aliphatic heterocycles. The van der Waals surface area contributed by atoms with Gasteiger partial charge in [-0.05, 0) is 62.3 Å². The van der Waals surface area contributed by atoms with Gasteiger partial charge in [0.25, 0.3) is 17.4 Å². The maximum Gasteiger partial charge on any atom is 0.328 e. The topological polar surface area (TPSA) is 104 Å². The van der Waals surface area contributed by atoms with Crippen molar-refractivity contribution in [2.45, 2.75) is 57.9 Å². The van der Waals surface area contributed by atoms with Crippen LogP contribution < -0.4 is 21.5 Å². The molecule has 0 bridgehead atoms. The molecule has 178 valence electrons. The van der Waals surface area contributed by atoms with Crippen LogP contribution in [-0.2, 0) is 9.59 Å². The molecule has 8 nitrogen and oxygen atoms in total. The standard InChI is InChI=1S/C24H25ClN4O4S/c1-14-18(20(30)26-23(33)28(14)16-7-5-3-2-4-6-8-16)13-19-21(31)27-24(34)29(22(19)32)17-11-9-15(25)10-12-17/h9-13,16H,2-8H2,1H3,(H,26,30,33)(H,27,31,34)/b19-13-. The second-order valence-electron chi connectivity index (χ2n) is 8.56. The molecule has 2 heterocycles. The van der Waals surface area contributed by atoms with Crippen LogP contribution in [0.1, 0.15) is 62.2 Å². The summed E-state index contributed by atoms with van der Waals surface area (Å²) in [5.74, 6) is -1.37. The van der Waals surface area contributed by atoms with Gasteiger partial charge >= 0.3 is 5.69 Å². The van der Waals surface area contributed by atoms with E-state index in [-0.39, 0.29) is 22.3 Å². The lowest BCUT2D eigenvalue weighted by Gasteiger charge is -2.29. The Hall–Kier alpha value is -3.04. The minimum atomic E-state index is -0.706. The third-order valence-electron chi connectivity index (χ3n) is 6.35. The fraction of sp³-hybridized carbons (Fsp3) is 0.375. The molecule has 0 spiro atoms. The van der Waals surface area contributed by atoms with Crippen molar-refractivity contribution in [3.8, 4) is 0 Å². The second kappa shape index (κ2) is 10.1. The number of hydrogen-bond donors (Lipinski definition) is 2. The van der Waals surface area contributed by atoms with Crippen molar-refractivity contribution in [1.29, 1.82) is 0 Å². The fourth-order valence-corrected chi connectivity index (χ4v) is 5.01. The first-order valence-corrected chi connectivity index (χ1v) is 12.1. The van der Waals surface area contributed by atoms with Crippen molar-refractivity contribution < 1.29 is 9.59 Å². The van der Waals surface area contributed by atoms with Gasteiger partial charge in [-0.15, -0.1) is 0 Å². The summed E-state index contributed by atoms with van der Waals surface area (Å²) in [4.78, 5) is 55.0. The van der Waals surface area contributed by atoms with Crippen LogP contribution in [-0.4, -0.2) is 26.5 Å². The lowest BCUT2D eigenvalue weighted by Crippen LogP contribution is -2.54. The van der Waals surface area contributed by atoms with Gasteiger partial charge in [-0.2, -0.15) is 0 Å². The van der Waals surface area contributed by atoms with Gasteiger partial charge in [0.1, 0.15) is 5.57 Å². The molecule has 0 radical (unpaired) electrons. The van der Waals surface area contributed by atoms with Crippen molar-refractivity contribution in [3.63, 3.8) is 0 Å². The lowest BCUT2D eigenvalue weighted by molar-refractivity contribution is -0.122. The number of carbonyl (C=O) groups excluding carboxylic acids is 2. The Morgan fingerprint density at radius 3 is 2.26 bits per heavy atom. The first kappa shape index (κ1) is 24.1. The average molecular weight is 501 g/mol. The van der Waals surface area contributed by atoms with Gasteiger partial charge in [0, 0.05) is 16.8 Å². The predicted octanol–water partition coefficient (Wildman–Crippen LogP) is 3.62. The number of carbonyl (C=O) groups is 2. The van der Waals surface area contributed by atoms with E-state index in [0.717, 1.165) is 38.5 Å². The second-order valence-corrected chi connectivity index (χ2v) is 9.38. The van der Waals surface area contributed by atoms with E-state index in [9.17, 15) is 19.2 Å². The third kappa shape index (κ3) is 4.76. The van der Waals surface area contributed by atoms with Crippen LogP contribution in [0.25, 0.3) is 6.08 Å². The number of nitrogens with one attached hydrogen (secondary N) is 2. The van der Waals surface area contributed by atoms with Gasteiger partial charge in [0.15, 0.2) is 5.11 Å². The normalized spacial score (nSPS) is 19.2. The number of benzene rings is 1. The van der Waals surface area contributed by atoms with E-state index < -0.39 is 23.1 Å². The zero-order valence-electron chi connectivity index (χ0n) is 18.7. The number of rotatable bonds is 3. The molecule has 2 aliphatic rings. The number of aromatic nitrogens is 2. The number of halogens is 1. The van der Waals surface area contributed by atoms with Crippen molar-refractivity contribution in [2.24, 2.45) is 0 Å². The summed E-state index contributed by atoms with van der Waals surface area (Å²) < 4.78 is 1.60. The van der Waals surface area contributed by atoms with Crippen molar-refractivity contribution >= 4 is 52.5 Å². The molecular weight excluding hydrogens is 476 g/mol. The molecule has 1 saturated carbocycles. The SMILES string of the molecule is Cc1c(/C=C2/C(=O)NC(=S)N(c3ccc(Cl)cc3)C2=O)c(=O)[nH]c(=O)n1C1CCCCCCC1. The highest BCUT2D eigenvalue weighted by atomic mass is 35.5. The largest absolute Gasteiger partial charge is 0.328 e. The van der Waals surface area contributed by atoms with Crippen LogP contribution in [0.5, 0.6) is 0 Å². The van der Waals surface area contributed by atoms with Gasteiger partial charge in [-0.3, -0.25) is 34.2 Å². The maximum atomic E-state index is 13.3. The van der Waals surface area contributed by atoms with Gasteiger partial charge < -0.3 is 0 Å². The van der Waals surface area contributed by atoms with E-state index in [2.05, 4.69) is 10.3 Å². The Bertz CT molecular complexity index is 1290. The Labute approximate surface area is 206 Å². The van der Waals surface area contributed by atoms with Crippen molar-refractivity contribution in [1.82, 2.24) is 14.9 Å². The molecule has 2 N–H and O–H groups in total. The predicted molar refractivity (Wildman–Crippen MR) is 135 cm³/mol. The fourth-order valence-electron chi connectivity index (χ4n) is 4.60. The molecule has 4 rings (SSSR count). The Morgan fingerprint density at radius 1 is 1.00 bits per heavy atom. The summed E-state index contributed by atoms with van der Waals surface area (Å²) in [6, 6.07) is 6.37. The summed E-state index contributed by atoms with van der Waals surface area (Å²) in [5.41, 5.74) is -0.416. The van der Waals surface area contributed by atoms with E-state index in [1.54, 1.807) is 35.8 Å². The van der Waals surface area contributed by atoms with Crippen molar-refractivity contribution in [3.05, 3.63) is 67.0 Å². The van der Waals surface area contributed by atoms with Gasteiger partial charge in [0.05, 0.1) is 11.3 Å². The summed E-state index contributed by atoms with van der Waals surface area (Å²) in [6.07, 6.45) is 8.32. The molecule has 2 aromatic rings. The summed E-state index contributed by atoms with van der Waals surface area (Å²) >= 11 is 11.2. The highest BCUT2D eigenvalue weighted by Crippen LogP contribution is 2.27. The van der Waals surface area contributed by atoms with Gasteiger partial charge in [-0.25, -0.2) is 4.79 Å². The molecule has 0 atom stereocenters. The van der Waals surface area contributed by atoms with Crippen molar-refractivity contribution in [2.75, 3.05) is 4.90 Å². The first-order valence-electron chi connectivity index (χ1n) is 11.3. The molecular formula is C24H25ClN4O4S. The van der Waals surface area contributed by atoms with Crippen LogP contribution in [0.4, 0.5) is 5.69 Å². The third-order valence-corrected chi connectivity index (χ3v) is 6.89. The van der Waals surface area contributed by atoms with Gasteiger partial charge in [0.2, 0.25) is 0 Å². The molecule has 10 heteroatoms. The van der Waals surface area contributed by atoms with E-state index in [0.29, 0.717) is 16.4 Å². The monoisotopic (exact) mass is 500 g/mol. The van der Waals surface area contributed by atoms with E-state index in [1.165, 1.54) is 17.4 Å². The van der Waals surface area contributed by atoms with Crippen LogP contribution in [0.2, 0.25) is 5.02 Å². The highest BCUT2D eigenvalue weighted by molar-refractivity contribution is 7.80. The molecule has 2 amide bonds. The first-order chi connectivity index (χ1) is 16.3. The summed E-state index contributed by atoms with van der Waals surface area (Å²) in [7, 11) is 0. The van der Waals surface area contributed by atoms with E-state index in [4.69, 9.17) is 23.8 Å². The quantitative estimate of drug-likeness (QED) is 0.380. The highest BCUT2D eigenvalue weighted by Gasteiger charge is 2.35. The number of aromatic amines is 1. The molecule has 1 aromatic heterocycles. The summed E-state index contributed by atoms with van der Waals surface area (Å²) in [6.45, 7) is 1.68. The number of hydrogen-bond acceptors (Lipinski definition) is 5. The number of thiocarbonyl (C=S) groups is 1. The number of nitrogens with zero attached hydrogens (tertiary/aromatic N) is 2. The van der Waals surface area contributed by atoms with Crippen LogP contribution in [0.3, 0.4) is 0 Å². The maximum absolute atomic E-state index is 13.3. The molecule has 34 heavy (non-hydrogen) atoms. The molecule has 1 aromatic carbocycles. The Balaban J connectivity index is 1.77. The lowest BCUT2D eigenvalue weighted by atomic mass is 9.96. The number of anilines is 1. The van der Waals surface area contributed by atoms with Crippen LogP contribution in [0.15, 0.2) is 39.4 Å². The van der Waals surface area contributed by atoms with Crippen LogP contribution >= 0.6 is 23.8 Å². The zero-order chi connectivity index (χ0) is 24.4. The minimum absolute atomic E-state index is 0.0455. The number of amides is 2. The molecule has 2 fully saturated rings. The Kier molecular flexibility index (Phi) is 7.13. The molecule has 1 saturated heterocycles. The Morgan fingerprint density at radius 2 is 1.62 bits per heavy atom. The van der Waals surface area contributed by atoms with E-state index in [1.807, 2.05) is 0 Å².